The van der Waals surface area contributed by atoms with Gasteiger partial charge in [-0.15, -0.1) is 24.8 Å². The van der Waals surface area contributed by atoms with Crippen LogP contribution < -0.4 is 10.6 Å². The van der Waals surface area contributed by atoms with Crippen LogP contribution in [-0.2, 0) is 0 Å². The van der Waals surface area contributed by atoms with E-state index in [1.807, 2.05) is 27.7 Å². The van der Waals surface area contributed by atoms with Crippen LogP contribution in [0.4, 0.5) is 0 Å². The van der Waals surface area contributed by atoms with Gasteiger partial charge in [0.05, 0.1) is 0 Å². The van der Waals surface area contributed by atoms with Gasteiger partial charge in [-0.1, -0.05) is 13.8 Å². The quantitative estimate of drug-likeness (QED) is 0.303. The molecule has 0 radical (unpaired) electrons. The lowest BCUT2D eigenvalue weighted by Crippen LogP contribution is -2.43. The number of hydrogen-bond donors (Lipinski definition) is 4. The van der Waals surface area contributed by atoms with Gasteiger partial charge in [0.15, 0.2) is 0 Å². The summed E-state index contributed by atoms with van der Waals surface area (Å²) in [5.41, 5.74) is -1.39. The second kappa shape index (κ2) is 11.7. The highest BCUT2D eigenvalue weighted by molar-refractivity contribution is 5.89. The van der Waals surface area contributed by atoms with Gasteiger partial charge >= 0.3 is 0 Å². The zero-order valence-corrected chi connectivity index (χ0v) is 16.2. The minimum Gasteiger partial charge on any atom is -0.372 e. The molecule has 0 aromatic rings. The van der Waals surface area contributed by atoms with Gasteiger partial charge in [0.2, 0.25) is 0 Å². The summed E-state index contributed by atoms with van der Waals surface area (Å²) in [6.45, 7) is 13.0. The largest absolute Gasteiger partial charge is 0.372 e. The van der Waals surface area contributed by atoms with Crippen molar-refractivity contribution in [1.29, 1.82) is 10.8 Å². The number of rotatable bonds is 8. The molecule has 0 bridgehead atoms. The van der Waals surface area contributed by atoms with Crippen LogP contribution in [0.15, 0.2) is 10.2 Å². The fourth-order valence-electron chi connectivity index (χ4n) is 1.28. The summed E-state index contributed by atoms with van der Waals surface area (Å²) in [6.07, 6.45) is 1.93. The van der Waals surface area contributed by atoms with Crippen LogP contribution in [0.2, 0.25) is 0 Å². The zero-order chi connectivity index (χ0) is 15.8. The summed E-state index contributed by atoms with van der Waals surface area (Å²) in [6, 6.07) is 0. The van der Waals surface area contributed by atoms with E-state index >= 15 is 0 Å². The summed E-state index contributed by atoms with van der Waals surface area (Å²) in [5.74, 6) is 0.707. The van der Waals surface area contributed by atoms with Gasteiger partial charge in [-0.3, -0.25) is 10.8 Å². The van der Waals surface area contributed by atoms with Crippen molar-refractivity contribution in [2.75, 3.05) is 13.1 Å². The summed E-state index contributed by atoms with van der Waals surface area (Å²) >= 11 is 0. The molecule has 0 atom stereocenters. The molecule has 132 valence electrons. The second-order valence-electron chi connectivity index (χ2n) is 5.92. The summed E-state index contributed by atoms with van der Waals surface area (Å²) in [5, 5.41) is 30.6. The predicted molar refractivity (Wildman–Crippen MR) is 99.6 cm³/mol. The third kappa shape index (κ3) is 9.20. The number of azo groups is 1. The van der Waals surface area contributed by atoms with Gasteiger partial charge in [0, 0.05) is 13.1 Å². The maximum Gasteiger partial charge on any atom is 0.132 e. The molecule has 0 unspecified atom stereocenters. The number of hydrogen-bond acceptors (Lipinski definition) is 4. The molecule has 0 heterocycles. The monoisotopic (exact) mass is 354 g/mol. The topological polar surface area (TPSA) is 96.5 Å². The molecule has 0 fully saturated rings. The van der Waals surface area contributed by atoms with Gasteiger partial charge in [-0.05, 0) is 40.5 Å². The molecule has 0 aliphatic carbocycles. The van der Waals surface area contributed by atoms with Crippen LogP contribution in [-0.4, -0.2) is 35.8 Å². The average Bonchev–Trinajstić information content (AvgIpc) is 2.39. The molecule has 0 aromatic heterocycles. The van der Waals surface area contributed by atoms with Crippen molar-refractivity contribution < 1.29 is 0 Å². The van der Waals surface area contributed by atoms with Crippen LogP contribution in [0.5, 0.6) is 0 Å². The number of halogens is 2. The number of amidine groups is 2. The maximum absolute atomic E-state index is 7.99. The Kier molecular flexibility index (Phi) is 13.8. The van der Waals surface area contributed by atoms with Crippen LogP contribution in [0.3, 0.4) is 0 Å². The number of nitrogens with one attached hydrogen (secondary N) is 4. The smallest absolute Gasteiger partial charge is 0.132 e. The number of nitrogens with zero attached hydrogens (tertiary/aromatic N) is 2. The second-order valence-corrected chi connectivity index (χ2v) is 5.92. The molecule has 4 N–H and O–H groups in total. The maximum atomic E-state index is 7.99. The van der Waals surface area contributed by atoms with Gasteiger partial charge in [0.25, 0.3) is 0 Å². The Balaban J connectivity index is -0.00000180. The van der Waals surface area contributed by atoms with Crippen molar-refractivity contribution in [2.45, 2.75) is 65.5 Å². The third-order valence-corrected chi connectivity index (χ3v) is 2.88. The molecule has 0 aliphatic rings. The van der Waals surface area contributed by atoms with E-state index in [0.29, 0.717) is 11.7 Å². The molecular formula is C14H32Cl2N6. The molecule has 0 spiro atoms. The molecule has 6 nitrogen and oxygen atoms in total. The van der Waals surface area contributed by atoms with E-state index in [4.69, 9.17) is 10.8 Å². The van der Waals surface area contributed by atoms with Crippen molar-refractivity contribution in [1.82, 2.24) is 10.6 Å². The van der Waals surface area contributed by atoms with Gasteiger partial charge < -0.3 is 10.6 Å². The molecule has 0 aliphatic heterocycles. The molecule has 0 saturated carbocycles. The minimum absolute atomic E-state index is 0. The Labute approximate surface area is 147 Å². The zero-order valence-electron chi connectivity index (χ0n) is 14.5. The van der Waals surface area contributed by atoms with E-state index in [0.717, 1.165) is 25.9 Å². The SMILES string of the molecule is CCCNC(=N)C(C)(C)/N=N/C(C)(C)C(=N)NCCC.Cl.Cl. The fourth-order valence-corrected chi connectivity index (χ4v) is 1.28. The summed E-state index contributed by atoms with van der Waals surface area (Å²) < 4.78 is 0. The van der Waals surface area contributed by atoms with Crippen LogP contribution in [0.25, 0.3) is 0 Å². The lowest BCUT2D eigenvalue weighted by Gasteiger charge is -2.25. The summed E-state index contributed by atoms with van der Waals surface area (Å²) in [4.78, 5) is 0. The van der Waals surface area contributed by atoms with E-state index in [1.165, 1.54) is 0 Å². The van der Waals surface area contributed by atoms with Gasteiger partial charge in [-0.25, -0.2) is 0 Å². The van der Waals surface area contributed by atoms with Crippen molar-refractivity contribution in [3.63, 3.8) is 0 Å². The van der Waals surface area contributed by atoms with Crippen LogP contribution in [0, 0.1) is 10.8 Å². The first-order valence-electron chi connectivity index (χ1n) is 7.27. The highest BCUT2D eigenvalue weighted by Gasteiger charge is 2.28. The van der Waals surface area contributed by atoms with E-state index < -0.39 is 11.1 Å². The first kappa shape index (κ1) is 26.0. The van der Waals surface area contributed by atoms with Crippen molar-refractivity contribution in [3.8, 4) is 0 Å². The molecule has 0 amide bonds. The van der Waals surface area contributed by atoms with Crippen LogP contribution in [0.1, 0.15) is 54.4 Å². The average molecular weight is 355 g/mol. The molecule has 8 heteroatoms. The van der Waals surface area contributed by atoms with E-state index in [1.54, 1.807) is 0 Å². The first-order valence-corrected chi connectivity index (χ1v) is 7.27. The highest BCUT2D eigenvalue weighted by Crippen LogP contribution is 2.16. The molecule has 0 aromatic carbocycles. The van der Waals surface area contributed by atoms with E-state index in [2.05, 4.69) is 34.7 Å². The lowest BCUT2D eigenvalue weighted by atomic mass is 10.0. The Bertz CT molecular complexity index is 332. The lowest BCUT2D eigenvalue weighted by molar-refractivity contribution is 0.540. The van der Waals surface area contributed by atoms with Crippen molar-refractivity contribution >= 4 is 36.5 Å². The first-order chi connectivity index (χ1) is 9.17. The van der Waals surface area contributed by atoms with Crippen molar-refractivity contribution in [3.05, 3.63) is 0 Å². The fraction of sp³-hybridized carbons (Fsp3) is 0.857. The van der Waals surface area contributed by atoms with Gasteiger partial charge in [-0.2, -0.15) is 10.2 Å². The Morgan fingerprint density at radius 3 is 1.27 bits per heavy atom. The van der Waals surface area contributed by atoms with E-state index in [-0.39, 0.29) is 24.8 Å². The van der Waals surface area contributed by atoms with E-state index in [9.17, 15) is 0 Å². The predicted octanol–water partition coefficient (Wildman–Crippen LogP) is 3.79. The third-order valence-electron chi connectivity index (χ3n) is 2.88. The molecule has 0 saturated heterocycles. The Morgan fingerprint density at radius 1 is 0.773 bits per heavy atom. The molecule has 0 rings (SSSR count). The summed E-state index contributed by atoms with van der Waals surface area (Å²) in [7, 11) is 0. The Morgan fingerprint density at radius 2 is 1.05 bits per heavy atom. The minimum atomic E-state index is -0.697. The van der Waals surface area contributed by atoms with Gasteiger partial charge in [0.1, 0.15) is 22.7 Å². The highest BCUT2D eigenvalue weighted by atomic mass is 35.5. The Hall–Kier alpha value is -0.880. The molecule has 22 heavy (non-hydrogen) atoms. The molecular weight excluding hydrogens is 323 g/mol. The standard InChI is InChI=1S/C14H30N6.2ClH/c1-7-9-17-11(15)13(3,4)19-20-14(5,6)12(16)18-10-8-2;;/h7-10H2,1-6H3,(H2,15,17)(H2,16,18);2*1H/b20-19+;;. The van der Waals surface area contributed by atoms with Crippen molar-refractivity contribution in [2.24, 2.45) is 10.2 Å². The normalized spacial score (nSPS) is 11.4. The van der Waals surface area contributed by atoms with Crippen LogP contribution >= 0.6 is 24.8 Å².